The van der Waals surface area contributed by atoms with Crippen LogP contribution in [0.1, 0.15) is 29.8 Å². The molecule has 0 saturated carbocycles. The van der Waals surface area contributed by atoms with E-state index in [1.165, 1.54) is 6.42 Å². The number of carbonyl (C=O) groups excluding carboxylic acids is 1. The van der Waals surface area contributed by atoms with E-state index in [0.29, 0.717) is 12.3 Å². The largest absolute Gasteiger partial charge is 0.342 e. The molecule has 2 rings (SSSR count). The van der Waals surface area contributed by atoms with Gasteiger partial charge in [-0.3, -0.25) is 9.89 Å². The fourth-order valence-corrected chi connectivity index (χ4v) is 3.50. The number of aromatic amines is 1. The highest BCUT2D eigenvalue weighted by Crippen LogP contribution is 2.21. The average molecular weight is 281 g/mol. The molecule has 0 bridgehead atoms. The number of hydrogen-bond donors (Lipinski definition) is 1. The summed E-state index contributed by atoms with van der Waals surface area (Å²) in [5, 5.41) is 7.11. The molecule has 1 aliphatic rings. The van der Waals surface area contributed by atoms with E-state index in [9.17, 15) is 4.79 Å². The van der Waals surface area contributed by atoms with Crippen LogP contribution in [-0.2, 0) is 11.2 Å². The number of aromatic nitrogens is 2. The molecular weight excluding hydrogens is 258 g/mol. The molecule has 0 radical (unpaired) electrons. The highest BCUT2D eigenvalue weighted by molar-refractivity contribution is 7.98. The molecule has 1 saturated heterocycles. The van der Waals surface area contributed by atoms with Crippen molar-refractivity contribution in [1.29, 1.82) is 0 Å². The Morgan fingerprint density at radius 3 is 2.95 bits per heavy atom. The summed E-state index contributed by atoms with van der Waals surface area (Å²) < 4.78 is 0. The predicted octanol–water partition coefficient (Wildman–Crippen LogP) is 2.17. The molecule has 1 aromatic rings. The summed E-state index contributed by atoms with van der Waals surface area (Å²) in [4.78, 5) is 14.4. The lowest BCUT2D eigenvalue weighted by Crippen LogP contribution is -2.41. The Bertz CT molecular complexity index is 422. The van der Waals surface area contributed by atoms with Gasteiger partial charge in [0.05, 0.1) is 12.1 Å². The number of amides is 1. The molecule has 1 N–H and O–H groups in total. The Hall–Kier alpha value is -0.970. The van der Waals surface area contributed by atoms with Gasteiger partial charge in [-0.25, -0.2) is 0 Å². The molecule has 0 aromatic carbocycles. The van der Waals surface area contributed by atoms with Crippen LogP contribution in [0, 0.1) is 19.8 Å². The molecule has 2 heterocycles. The Morgan fingerprint density at radius 2 is 2.32 bits per heavy atom. The van der Waals surface area contributed by atoms with Crippen molar-refractivity contribution < 1.29 is 4.79 Å². The van der Waals surface area contributed by atoms with E-state index in [0.717, 1.165) is 42.2 Å². The summed E-state index contributed by atoms with van der Waals surface area (Å²) in [6, 6.07) is 0. The van der Waals surface area contributed by atoms with Gasteiger partial charge in [0.25, 0.3) is 0 Å². The minimum atomic E-state index is 0.249. The molecule has 4 nitrogen and oxygen atoms in total. The van der Waals surface area contributed by atoms with E-state index in [4.69, 9.17) is 0 Å². The Kier molecular flexibility index (Phi) is 4.91. The fourth-order valence-electron chi connectivity index (χ4n) is 2.76. The van der Waals surface area contributed by atoms with Crippen molar-refractivity contribution in [2.75, 3.05) is 25.1 Å². The standard InChI is InChI=1S/C14H23N3OS/c1-10-13(11(2)16-15-10)7-14(18)17-6-4-5-12(8-17)9-19-3/h12H,4-9H2,1-3H3,(H,15,16). The Labute approximate surface area is 119 Å². The monoisotopic (exact) mass is 281 g/mol. The van der Waals surface area contributed by atoms with Crippen LogP contribution in [0.3, 0.4) is 0 Å². The number of rotatable bonds is 4. The molecule has 1 amide bonds. The molecule has 0 spiro atoms. The number of carbonyl (C=O) groups is 1. The quantitative estimate of drug-likeness (QED) is 0.920. The molecular formula is C14H23N3OS. The number of piperidine rings is 1. The SMILES string of the molecule is CSCC1CCCN(C(=O)Cc2c(C)n[nH]c2C)C1. The van der Waals surface area contributed by atoms with Crippen molar-refractivity contribution in [2.24, 2.45) is 5.92 Å². The van der Waals surface area contributed by atoms with Crippen LogP contribution in [0.2, 0.25) is 0 Å². The second-order valence-electron chi connectivity index (χ2n) is 5.39. The molecule has 106 valence electrons. The molecule has 5 heteroatoms. The van der Waals surface area contributed by atoms with Crippen molar-refractivity contribution in [2.45, 2.75) is 33.1 Å². The van der Waals surface area contributed by atoms with Crippen LogP contribution in [-0.4, -0.2) is 46.1 Å². The maximum Gasteiger partial charge on any atom is 0.227 e. The summed E-state index contributed by atoms with van der Waals surface area (Å²) in [6.45, 7) is 5.78. The first-order valence-electron chi connectivity index (χ1n) is 6.89. The van der Waals surface area contributed by atoms with Gasteiger partial charge in [-0.1, -0.05) is 0 Å². The smallest absolute Gasteiger partial charge is 0.227 e. The highest BCUT2D eigenvalue weighted by Gasteiger charge is 2.24. The molecule has 1 unspecified atom stereocenters. The summed E-state index contributed by atoms with van der Waals surface area (Å²) in [7, 11) is 0. The van der Waals surface area contributed by atoms with Crippen LogP contribution in [0.4, 0.5) is 0 Å². The summed E-state index contributed by atoms with van der Waals surface area (Å²) in [6.07, 6.45) is 5.02. The van der Waals surface area contributed by atoms with E-state index in [-0.39, 0.29) is 5.91 Å². The second kappa shape index (κ2) is 6.46. The zero-order valence-corrected chi connectivity index (χ0v) is 12.8. The number of nitrogens with zero attached hydrogens (tertiary/aromatic N) is 2. The summed E-state index contributed by atoms with van der Waals surface area (Å²) in [5.74, 6) is 2.07. The van der Waals surface area contributed by atoms with Crippen molar-refractivity contribution in [1.82, 2.24) is 15.1 Å². The minimum Gasteiger partial charge on any atom is -0.342 e. The van der Waals surface area contributed by atoms with E-state index >= 15 is 0 Å². The lowest BCUT2D eigenvalue weighted by molar-refractivity contribution is -0.132. The molecule has 1 atom stereocenters. The number of nitrogens with one attached hydrogen (secondary N) is 1. The number of likely N-dealkylation sites (tertiary alicyclic amines) is 1. The van der Waals surface area contributed by atoms with Crippen LogP contribution in [0.15, 0.2) is 0 Å². The van der Waals surface area contributed by atoms with Gasteiger partial charge in [-0.15, -0.1) is 0 Å². The van der Waals surface area contributed by atoms with Crippen LogP contribution in [0.5, 0.6) is 0 Å². The lowest BCUT2D eigenvalue weighted by Gasteiger charge is -2.32. The van der Waals surface area contributed by atoms with Gasteiger partial charge in [0.15, 0.2) is 0 Å². The number of hydrogen-bond acceptors (Lipinski definition) is 3. The fraction of sp³-hybridized carbons (Fsp3) is 0.714. The molecule has 19 heavy (non-hydrogen) atoms. The molecule has 0 aliphatic carbocycles. The zero-order valence-electron chi connectivity index (χ0n) is 12.0. The van der Waals surface area contributed by atoms with Crippen molar-refractivity contribution in [3.05, 3.63) is 17.0 Å². The van der Waals surface area contributed by atoms with Gasteiger partial charge < -0.3 is 4.90 Å². The highest BCUT2D eigenvalue weighted by atomic mass is 32.2. The average Bonchev–Trinajstić information content (AvgIpc) is 2.71. The maximum absolute atomic E-state index is 12.4. The van der Waals surface area contributed by atoms with Crippen molar-refractivity contribution in [3.63, 3.8) is 0 Å². The van der Waals surface area contributed by atoms with E-state index in [2.05, 4.69) is 16.5 Å². The van der Waals surface area contributed by atoms with Gasteiger partial charge in [0, 0.05) is 24.3 Å². The Balaban J connectivity index is 1.96. The van der Waals surface area contributed by atoms with Gasteiger partial charge in [-0.05, 0) is 44.6 Å². The van der Waals surface area contributed by atoms with Crippen molar-refractivity contribution >= 4 is 17.7 Å². The van der Waals surface area contributed by atoms with Crippen LogP contribution >= 0.6 is 11.8 Å². The third kappa shape index (κ3) is 3.53. The van der Waals surface area contributed by atoms with Crippen LogP contribution in [0.25, 0.3) is 0 Å². The normalized spacial score (nSPS) is 19.7. The van der Waals surface area contributed by atoms with Crippen molar-refractivity contribution in [3.8, 4) is 0 Å². The number of aryl methyl sites for hydroxylation is 2. The minimum absolute atomic E-state index is 0.249. The third-order valence-corrected chi connectivity index (χ3v) is 4.69. The topological polar surface area (TPSA) is 49.0 Å². The Morgan fingerprint density at radius 1 is 1.53 bits per heavy atom. The molecule has 1 aliphatic heterocycles. The third-order valence-electron chi connectivity index (χ3n) is 3.88. The molecule has 1 fully saturated rings. The van der Waals surface area contributed by atoms with E-state index in [1.54, 1.807) is 0 Å². The predicted molar refractivity (Wildman–Crippen MR) is 79.5 cm³/mol. The summed E-state index contributed by atoms with van der Waals surface area (Å²) in [5.41, 5.74) is 3.03. The van der Waals surface area contributed by atoms with Gasteiger partial charge >= 0.3 is 0 Å². The first kappa shape index (κ1) is 14.4. The molecule has 1 aromatic heterocycles. The number of H-pyrrole nitrogens is 1. The number of thioether (sulfide) groups is 1. The maximum atomic E-state index is 12.4. The van der Waals surface area contributed by atoms with Gasteiger partial charge in [-0.2, -0.15) is 16.9 Å². The lowest BCUT2D eigenvalue weighted by atomic mass is 9.99. The first-order chi connectivity index (χ1) is 9.11. The summed E-state index contributed by atoms with van der Waals surface area (Å²) >= 11 is 1.88. The van der Waals surface area contributed by atoms with Gasteiger partial charge in [0.2, 0.25) is 5.91 Å². The van der Waals surface area contributed by atoms with E-state index in [1.807, 2.05) is 30.5 Å². The van der Waals surface area contributed by atoms with Gasteiger partial charge in [0.1, 0.15) is 0 Å². The zero-order chi connectivity index (χ0) is 13.8. The van der Waals surface area contributed by atoms with E-state index < -0.39 is 0 Å². The first-order valence-corrected chi connectivity index (χ1v) is 8.28. The van der Waals surface area contributed by atoms with Crippen LogP contribution < -0.4 is 0 Å². The second-order valence-corrected chi connectivity index (χ2v) is 6.30.